The Morgan fingerprint density at radius 3 is 3.06 bits per heavy atom. The molecule has 0 amide bonds. The standard InChI is InChI=1S/C12H14N2O2/c15-12(4-1-5-12)8-14-11-9-3-7-16-10(9)2-6-13-11/h2-3,6-7,15H,1,4-5,8H2,(H,13,14). The number of fused-ring (bicyclic) bond motifs is 1. The van der Waals surface area contributed by atoms with Gasteiger partial charge in [-0.25, -0.2) is 4.98 Å². The summed E-state index contributed by atoms with van der Waals surface area (Å²) in [5, 5.41) is 14.1. The third-order valence-corrected chi connectivity index (χ3v) is 3.25. The van der Waals surface area contributed by atoms with E-state index in [1.54, 1.807) is 12.5 Å². The van der Waals surface area contributed by atoms with Gasteiger partial charge >= 0.3 is 0 Å². The number of nitrogens with zero attached hydrogens (tertiary/aromatic N) is 1. The highest BCUT2D eigenvalue weighted by Crippen LogP contribution is 2.32. The number of aliphatic hydroxyl groups is 1. The molecule has 4 heteroatoms. The van der Waals surface area contributed by atoms with E-state index in [1.807, 2.05) is 12.1 Å². The van der Waals surface area contributed by atoms with Gasteiger partial charge in [-0.3, -0.25) is 0 Å². The largest absolute Gasteiger partial charge is 0.464 e. The molecule has 2 N–H and O–H groups in total. The van der Waals surface area contributed by atoms with Gasteiger partial charge in [0.2, 0.25) is 0 Å². The van der Waals surface area contributed by atoms with Gasteiger partial charge in [-0.1, -0.05) is 0 Å². The quantitative estimate of drug-likeness (QED) is 0.828. The van der Waals surface area contributed by atoms with Crippen molar-refractivity contribution in [2.45, 2.75) is 24.9 Å². The van der Waals surface area contributed by atoms with Crippen LogP contribution >= 0.6 is 0 Å². The van der Waals surface area contributed by atoms with Gasteiger partial charge in [0, 0.05) is 12.7 Å². The number of hydrogen-bond acceptors (Lipinski definition) is 4. The minimum Gasteiger partial charge on any atom is -0.464 e. The van der Waals surface area contributed by atoms with E-state index in [9.17, 15) is 5.11 Å². The Labute approximate surface area is 93.3 Å². The molecule has 1 aliphatic rings. The van der Waals surface area contributed by atoms with Crippen molar-refractivity contribution < 1.29 is 9.52 Å². The van der Waals surface area contributed by atoms with Gasteiger partial charge < -0.3 is 14.8 Å². The monoisotopic (exact) mass is 218 g/mol. The topological polar surface area (TPSA) is 58.3 Å². The van der Waals surface area contributed by atoms with E-state index >= 15 is 0 Å². The molecule has 3 rings (SSSR count). The van der Waals surface area contributed by atoms with Crippen LogP contribution in [0.25, 0.3) is 11.0 Å². The first-order valence-electron chi connectivity index (χ1n) is 5.55. The van der Waals surface area contributed by atoms with Crippen LogP contribution in [0.2, 0.25) is 0 Å². The van der Waals surface area contributed by atoms with Crippen molar-refractivity contribution in [3.8, 4) is 0 Å². The molecular weight excluding hydrogens is 204 g/mol. The van der Waals surface area contributed by atoms with Crippen LogP contribution in [0, 0.1) is 0 Å². The zero-order valence-electron chi connectivity index (χ0n) is 8.94. The lowest BCUT2D eigenvalue weighted by molar-refractivity contribution is -0.0202. The molecule has 16 heavy (non-hydrogen) atoms. The molecule has 0 spiro atoms. The highest BCUT2D eigenvalue weighted by Gasteiger charge is 2.34. The first kappa shape index (κ1) is 9.66. The Morgan fingerprint density at radius 1 is 1.44 bits per heavy atom. The number of nitrogens with one attached hydrogen (secondary N) is 1. The van der Waals surface area contributed by atoms with Gasteiger partial charge in [0.1, 0.15) is 11.4 Å². The molecular formula is C12H14N2O2. The van der Waals surface area contributed by atoms with E-state index in [2.05, 4.69) is 10.3 Å². The average Bonchev–Trinajstić information content (AvgIpc) is 2.72. The fourth-order valence-electron chi connectivity index (χ4n) is 2.05. The summed E-state index contributed by atoms with van der Waals surface area (Å²) in [6, 6.07) is 3.72. The molecule has 4 nitrogen and oxygen atoms in total. The first-order chi connectivity index (χ1) is 7.77. The summed E-state index contributed by atoms with van der Waals surface area (Å²) >= 11 is 0. The van der Waals surface area contributed by atoms with E-state index < -0.39 is 5.60 Å². The van der Waals surface area contributed by atoms with Crippen molar-refractivity contribution >= 4 is 16.8 Å². The normalized spacial score (nSPS) is 18.3. The molecule has 84 valence electrons. The van der Waals surface area contributed by atoms with Crippen LogP contribution in [-0.2, 0) is 0 Å². The summed E-state index contributed by atoms with van der Waals surface area (Å²) < 4.78 is 5.29. The fourth-order valence-corrected chi connectivity index (χ4v) is 2.05. The molecule has 2 heterocycles. The number of furan rings is 1. The third-order valence-electron chi connectivity index (χ3n) is 3.25. The van der Waals surface area contributed by atoms with Crippen LogP contribution in [0.4, 0.5) is 5.82 Å². The molecule has 0 aliphatic heterocycles. The summed E-state index contributed by atoms with van der Waals surface area (Å²) in [4.78, 5) is 4.26. The second-order valence-corrected chi connectivity index (χ2v) is 4.42. The van der Waals surface area contributed by atoms with Gasteiger partial charge in [-0.2, -0.15) is 0 Å². The SMILES string of the molecule is OC1(CNc2nccc3occc23)CCC1. The minimum atomic E-state index is -0.534. The van der Waals surface area contributed by atoms with Crippen LogP contribution in [-0.4, -0.2) is 22.2 Å². The van der Waals surface area contributed by atoms with E-state index in [0.29, 0.717) is 6.54 Å². The lowest BCUT2D eigenvalue weighted by Gasteiger charge is -2.36. The van der Waals surface area contributed by atoms with Crippen LogP contribution < -0.4 is 5.32 Å². The summed E-state index contributed by atoms with van der Waals surface area (Å²) in [7, 11) is 0. The van der Waals surface area contributed by atoms with Gasteiger partial charge in [-0.05, 0) is 31.4 Å². The number of pyridine rings is 1. The van der Waals surface area contributed by atoms with Crippen molar-refractivity contribution in [3.63, 3.8) is 0 Å². The second-order valence-electron chi connectivity index (χ2n) is 4.42. The maximum absolute atomic E-state index is 9.98. The zero-order valence-corrected chi connectivity index (χ0v) is 8.94. The van der Waals surface area contributed by atoms with Gasteiger partial charge in [0.05, 0.1) is 17.3 Å². The van der Waals surface area contributed by atoms with Gasteiger partial charge in [-0.15, -0.1) is 0 Å². The van der Waals surface area contributed by atoms with Crippen molar-refractivity contribution in [3.05, 3.63) is 24.6 Å². The van der Waals surface area contributed by atoms with Crippen LogP contribution in [0.1, 0.15) is 19.3 Å². The molecule has 1 saturated carbocycles. The third kappa shape index (κ3) is 1.55. The Balaban J connectivity index is 1.81. The van der Waals surface area contributed by atoms with Crippen LogP contribution in [0.3, 0.4) is 0 Å². The highest BCUT2D eigenvalue weighted by molar-refractivity contribution is 5.87. The van der Waals surface area contributed by atoms with E-state index in [1.165, 1.54) is 0 Å². The van der Waals surface area contributed by atoms with Crippen molar-refractivity contribution in [1.82, 2.24) is 4.98 Å². The molecule has 0 unspecified atom stereocenters. The Bertz CT molecular complexity index is 502. The molecule has 0 radical (unpaired) electrons. The maximum Gasteiger partial charge on any atom is 0.139 e. The fraction of sp³-hybridized carbons (Fsp3) is 0.417. The molecule has 2 aromatic rings. The zero-order chi connectivity index (χ0) is 11.0. The number of aromatic nitrogens is 1. The second kappa shape index (κ2) is 3.49. The minimum absolute atomic E-state index is 0.534. The molecule has 0 atom stereocenters. The van der Waals surface area contributed by atoms with Gasteiger partial charge in [0.25, 0.3) is 0 Å². The molecule has 0 saturated heterocycles. The van der Waals surface area contributed by atoms with Crippen molar-refractivity contribution in [2.75, 3.05) is 11.9 Å². The van der Waals surface area contributed by atoms with Crippen LogP contribution in [0.15, 0.2) is 29.0 Å². The lowest BCUT2D eigenvalue weighted by Crippen LogP contribution is -2.43. The summed E-state index contributed by atoms with van der Waals surface area (Å²) in [5.41, 5.74) is 0.284. The Hall–Kier alpha value is -1.55. The maximum atomic E-state index is 9.98. The van der Waals surface area contributed by atoms with Crippen molar-refractivity contribution in [1.29, 1.82) is 0 Å². The van der Waals surface area contributed by atoms with E-state index in [-0.39, 0.29) is 0 Å². The summed E-state index contributed by atoms with van der Waals surface area (Å²) in [5.74, 6) is 0.784. The lowest BCUT2D eigenvalue weighted by atomic mass is 9.80. The Morgan fingerprint density at radius 2 is 2.31 bits per heavy atom. The summed E-state index contributed by atoms with van der Waals surface area (Å²) in [6.45, 7) is 0.560. The van der Waals surface area contributed by atoms with Gasteiger partial charge in [0.15, 0.2) is 0 Å². The molecule has 1 fully saturated rings. The average molecular weight is 218 g/mol. The molecule has 2 aromatic heterocycles. The smallest absolute Gasteiger partial charge is 0.139 e. The number of anilines is 1. The summed E-state index contributed by atoms with van der Waals surface area (Å²) in [6.07, 6.45) is 6.22. The number of hydrogen-bond donors (Lipinski definition) is 2. The Kier molecular flexibility index (Phi) is 2.11. The van der Waals surface area contributed by atoms with Crippen LogP contribution in [0.5, 0.6) is 0 Å². The predicted octanol–water partition coefficient (Wildman–Crippen LogP) is 2.15. The predicted molar refractivity (Wildman–Crippen MR) is 61.3 cm³/mol. The number of rotatable bonds is 3. The molecule has 1 aliphatic carbocycles. The first-order valence-corrected chi connectivity index (χ1v) is 5.55. The molecule has 0 bridgehead atoms. The highest BCUT2D eigenvalue weighted by atomic mass is 16.3. The van der Waals surface area contributed by atoms with E-state index in [4.69, 9.17) is 4.42 Å². The van der Waals surface area contributed by atoms with E-state index in [0.717, 1.165) is 36.0 Å². The molecule has 0 aromatic carbocycles. The van der Waals surface area contributed by atoms with Crippen molar-refractivity contribution in [2.24, 2.45) is 0 Å².